The number of anilines is 2. The molecular weight excluding hydrogens is 576 g/mol. The number of ether oxygens (including phenoxy) is 3. The Morgan fingerprint density at radius 1 is 1.07 bits per heavy atom. The van der Waals surface area contributed by atoms with Gasteiger partial charge < -0.3 is 24.8 Å². The van der Waals surface area contributed by atoms with Crippen LogP contribution in [-0.4, -0.2) is 46.4 Å². The lowest BCUT2D eigenvalue weighted by atomic mass is 9.94. The lowest BCUT2D eigenvalue weighted by molar-refractivity contribution is -0.113. The number of rotatable bonds is 10. The van der Waals surface area contributed by atoms with E-state index in [4.69, 9.17) is 14.2 Å². The lowest BCUT2D eigenvalue weighted by Gasteiger charge is -2.29. The van der Waals surface area contributed by atoms with Gasteiger partial charge in [0.15, 0.2) is 11.5 Å². The minimum absolute atomic E-state index is 0.318. The molecule has 0 bridgehead atoms. The summed E-state index contributed by atoms with van der Waals surface area (Å²) in [7, 11) is 1.58. The number of carbonyl (C=O) groups excluding carboxylic acids is 1. The molecule has 2 heterocycles. The fourth-order valence-corrected chi connectivity index (χ4v) is 5.18. The summed E-state index contributed by atoms with van der Waals surface area (Å²) < 4.78 is 19.8. The normalized spacial score (nSPS) is 14.2. The van der Waals surface area contributed by atoms with Crippen LogP contribution in [0, 0.1) is 0 Å². The van der Waals surface area contributed by atoms with Crippen LogP contribution in [0.15, 0.2) is 82.5 Å². The van der Waals surface area contributed by atoms with Gasteiger partial charge in [-0.3, -0.25) is 4.79 Å². The third kappa shape index (κ3) is 5.64. The van der Waals surface area contributed by atoms with E-state index in [1.165, 1.54) is 5.56 Å². The summed E-state index contributed by atoms with van der Waals surface area (Å²) in [5.41, 5.74) is 3.54. The molecule has 40 heavy (non-hydrogen) atoms. The topological polar surface area (TPSA) is 112 Å². The standard InChI is InChI=1S/C29H29BrN6O4/c1-4-39-23-13-9-8-12-22(23)32-28(37)25-18(2)31-29-33-34-35-36(29)26(25)20-16-21(30)27(24(17-20)38-3)40-15-14-19-10-6-5-7-11-19/h5-13,16-17,26H,4,14-15H2,1-3H3,(H,32,37)(H,31,33,35). The molecule has 11 heteroatoms. The van der Waals surface area contributed by atoms with E-state index in [9.17, 15) is 4.79 Å². The van der Waals surface area contributed by atoms with Crippen molar-refractivity contribution in [1.82, 2.24) is 20.2 Å². The average molecular weight is 605 g/mol. The first-order chi connectivity index (χ1) is 19.5. The third-order valence-corrected chi connectivity index (χ3v) is 7.03. The highest BCUT2D eigenvalue weighted by molar-refractivity contribution is 9.10. The van der Waals surface area contributed by atoms with Crippen LogP contribution in [0.4, 0.5) is 11.6 Å². The molecule has 0 radical (unpaired) electrons. The smallest absolute Gasteiger partial charge is 0.255 e. The molecule has 1 aliphatic rings. The zero-order valence-electron chi connectivity index (χ0n) is 22.3. The van der Waals surface area contributed by atoms with Gasteiger partial charge in [0.2, 0.25) is 5.95 Å². The van der Waals surface area contributed by atoms with E-state index in [1.54, 1.807) is 17.9 Å². The van der Waals surface area contributed by atoms with Crippen molar-refractivity contribution < 1.29 is 19.0 Å². The Balaban J connectivity index is 1.47. The van der Waals surface area contributed by atoms with Crippen molar-refractivity contribution in [2.24, 2.45) is 0 Å². The molecule has 5 rings (SSSR count). The summed E-state index contributed by atoms with van der Waals surface area (Å²) >= 11 is 3.66. The zero-order chi connectivity index (χ0) is 28.1. The highest BCUT2D eigenvalue weighted by Gasteiger charge is 2.35. The summed E-state index contributed by atoms with van der Waals surface area (Å²) in [6.07, 6.45) is 0.746. The molecule has 4 aromatic rings. The molecule has 206 valence electrons. The Hall–Kier alpha value is -4.38. The van der Waals surface area contributed by atoms with Gasteiger partial charge in [0.1, 0.15) is 11.8 Å². The van der Waals surface area contributed by atoms with Crippen molar-refractivity contribution in [3.05, 3.63) is 93.6 Å². The van der Waals surface area contributed by atoms with Crippen LogP contribution in [0.5, 0.6) is 17.2 Å². The van der Waals surface area contributed by atoms with Gasteiger partial charge in [-0.05, 0) is 75.6 Å². The maximum atomic E-state index is 13.8. The fourth-order valence-electron chi connectivity index (χ4n) is 4.61. The summed E-state index contributed by atoms with van der Waals surface area (Å²) in [6, 6.07) is 20.5. The van der Waals surface area contributed by atoms with Crippen LogP contribution < -0.4 is 24.8 Å². The maximum Gasteiger partial charge on any atom is 0.255 e. The van der Waals surface area contributed by atoms with Crippen LogP contribution in [0.2, 0.25) is 0 Å². The van der Waals surface area contributed by atoms with Crippen molar-refractivity contribution in [2.45, 2.75) is 26.3 Å². The van der Waals surface area contributed by atoms with Crippen molar-refractivity contribution in [3.8, 4) is 17.2 Å². The molecule has 0 fully saturated rings. The van der Waals surface area contributed by atoms with E-state index in [2.05, 4.69) is 54.2 Å². The number of allylic oxidation sites excluding steroid dienone is 1. The predicted octanol–water partition coefficient (Wildman–Crippen LogP) is 5.39. The van der Waals surface area contributed by atoms with Crippen LogP contribution in [0.3, 0.4) is 0 Å². The SMILES string of the molecule is CCOc1ccccc1NC(=O)C1=C(C)Nc2nnnn2C1c1cc(Br)c(OCCc2ccccc2)c(OC)c1. The molecule has 1 aromatic heterocycles. The second-order valence-corrected chi connectivity index (χ2v) is 9.87. The molecule has 0 spiro atoms. The summed E-state index contributed by atoms with van der Waals surface area (Å²) in [4.78, 5) is 13.8. The van der Waals surface area contributed by atoms with Crippen molar-refractivity contribution in [3.63, 3.8) is 0 Å². The fraction of sp³-hybridized carbons (Fsp3) is 0.241. The van der Waals surface area contributed by atoms with Gasteiger partial charge in [0, 0.05) is 12.1 Å². The molecule has 2 N–H and O–H groups in total. The van der Waals surface area contributed by atoms with Crippen LogP contribution in [-0.2, 0) is 11.2 Å². The number of nitrogens with zero attached hydrogens (tertiary/aromatic N) is 4. The van der Waals surface area contributed by atoms with Gasteiger partial charge in [-0.2, -0.15) is 4.68 Å². The highest BCUT2D eigenvalue weighted by Crippen LogP contribution is 2.43. The number of amides is 1. The van der Waals surface area contributed by atoms with Crippen molar-refractivity contribution in [1.29, 1.82) is 0 Å². The zero-order valence-corrected chi connectivity index (χ0v) is 23.9. The molecule has 1 atom stereocenters. The number of aromatic nitrogens is 4. The first-order valence-electron chi connectivity index (χ1n) is 12.8. The number of methoxy groups -OCH3 is 1. The Kier molecular flexibility index (Phi) is 8.30. The highest BCUT2D eigenvalue weighted by atomic mass is 79.9. The number of hydrogen-bond acceptors (Lipinski definition) is 8. The number of tetrazole rings is 1. The number of carbonyl (C=O) groups is 1. The van der Waals surface area contributed by atoms with E-state index >= 15 is 0 Å². The molecule has 0 saturated carbocycles. The van der Waals surface area contributed by atoms with Gasteiger partial charge in [-0.1, -0.05) is 47.6 Å². The van der Waals surface area contributed by atoms with Gasteiger partial charge in [-0.15, -0.1) is 0 Å². The van der Waals surface area contributed by atoms with E-state index in [-0.39, 0.29) is 5.91 Å². The Morgan fingerprint density at radius 3 is 2.62 bits per heavy atom. The number of fused-ring (bicyclic) bond motifs is 1. The molecule has 10 nitrogen and oxygen atoms in total. The van der Waals surface area contributed by atoms with Crippen molar-refractivity contribution in [2.75, 3.05) is 31.0 Å². The first-order valence-corrected chi connectivity index (χ1v) is 13.6. The molecule has 3 aromatic carbocycles. The van der Waals surface area contributed by atoms with E-state index in [1.807, 2.05) is 62.4 Å². The molecule has 1 amide bonds. The molecular formula is C29H29BrN6O4. The minimum Gasteiger partial charge on any atom is -0.493 e. The Morgan fingerprint density at radius 2 is 1.85 bits per heavy atom. The Labute approximate surface area is 240 Å². The number of hydrogen-bond donors (Lipinski definition) is 2. The van der Waals surface area contributed by atoms with Gasteiger partial charge >= 0.3 is 0 Å². The Bertz CT molecular complexity index is 1540. The van der Waals surface area contributed by atoms with E-state index in [0.29, 0.717) is 57.8 Å². The second kappa shape index (κ2) is 12.2. The van der Waals surface area contributed by atoms with Gasteiger partial charge in [0.05, 0.1) is 36.1 Å². The number of nitrogens with one attached hydrogen (secondary N) is 2. The number of para-hydroxylation sites is 2. The maximum absolute atomic E-state index is 13.8. The van der Waals surface area contributed by atoms with E-state index < -0.39 is 6.04 Å². The van der Waals surface area contributed by atoms with Gasteiger partial charge in [-0.25, -0.2) is 0 Å². The average Bonchev–Trinajstić information content (AvgIpc) is 3.42. The number of benzene rings is 3. The van der Waals surface area contributed by atoms with Crippen LogP contribution in [0.1, 0.15) is 31.0 Å². The second-order valence-electron chi connectivity index (χ2n) is 9.01. The van der Waals surface area contributed by atoms with Crippen LogP contribution >= 0.6 is 15.9 Å². The summed E-state index contributed by atoms with van der Waals surface area (Å²) in [5.74, 6) is 1.78. The minimum atomic E-state index is -0.644. The van der Waals surface area contributed by atoms with E-state index in [0.717, 1.165) is 12.0 Å². The largest absolute Gasteiger partial charge is 0.493 e. The first kappa shape index (κ1) is 27.2. The van der Waals surface area contributed by atoms with Gasteiger partial charge in [0.25, 0.3) is 5.91 Å². The monoisotopic (exact) mass is 604 g/mol. The quantitative estimate of drug-likeness (QED) is 0.248. The molecule has 1 aliphatic heterocycles. The molecule has 0 aliphatic carbocycles. The summed E-state index contributed by atoms with van der Waals surface area (Å²) in [5, 5.41) is 18.3. The third-order valence-electron chi connectivity index (χ3n) is 6.44. The lowest BCUT2D eigenvalue weighted by Crippen LogP contribution is -2.31. The summed E-state index contributed by atoms with van der Waals surface area (Å²) in [6.45, 7) is 4.66. The van der Waals surface area contributed by atoms with Crippen molar-refractivity contribution >= 4 is 33.5 Å². The molecule has 0 saturated heterocycles. The predicted molar refractivity (Wildman–Crippen MR) is 155 cm³/mol. The number of halogens is 1. The molecule has 1 unspecified atom stereocenters. The van der Waals surface area contributed by atoms with Crippen LogP contribution in [0.25, 0.3) is 0 Å².